The molecule has 0 unspecified atom stereocenters. The van der Waals surface area contributed by atoms with E-state index in [2.05, 4.69) is 46.6 Å². The Balaban J connectivity index is 1.09. The minimum absolute atomic E-state index is 0.133. The molecule has 0 amide bonds. The van der Waals surface area contributed by atoms with Crippen LogP contribution in [0.25, 0.3) is 11.3 Å². The van der Waals surface area contributed by atoms with Gasteiger partial charge < -0.3 is 25.1 Å². The molecular formula is C33H42FN7O3. The maximum atomic E-state index is 13.1. The number of halogens is 1. The van der Waals surface area contributed by atoms with Crippen LogP contribution in [0, 0.1) is 35.4 Å². The van der Waals surface area contributed by atoms with Crippen LogP contribution in [0.15, 0.2) is 41.5 Å². The number of rotatable bonds is 12. The van der Waals surface area contributed by atoms with Gasteiger partial charge in [-0.2, -0.15) is 9.65 Å². The summed E-state index contributed by atoms with van der Waals surface area (Å²) in [5.41, 5.74) is 2.96. The van der Waals surface area contributed by atoms with Gasteiger partial charge in [-0.1, -0.05) is 6.07 Å². The van der Waals surface area contributed by atoms with Gasteiger partial charge in [-0.05, 0) is 88.5 Å². The van der Waals surface area contributed by atoms with Crippen molar-refractivity contribution >= 4 is 5.82 Å². The number of hydrogen-bond acceptors (Lipinski definition) is 9. The molecule has 3 aromatic rings. The summed E-state index contributed by atoms with van der Waals surface area (Å²) in [6.07, 6.45) is 9.69. The highest BCUT2D eigenvalue weighted by Gasteiger charge is 2.32. The lowest BCUT2D eigenvalue weighted by Crippen LogP contribution is -2.41. The predicted molar refractivity (Wildman–Crippen MR) is 165 cm³/mol. The molecule has 2 aliphatic rings. The molecule has 1 saturated carbocycles. The molecule has 1 aliphatic carbocycles. The highest BCUT2D eigenvalue weighted by atomic mass is 19.1. The van der Waals surface area contributed by atoms with E-state index in [1.807, 2.05) is 24.4 Å². The van der Waals surface area contributed by atoms with Gasteiger partial charge in [-0.3, -0.25) is 9.78 Å². The third kappa shape index (κ3) is 8.46. The van der Waals surface area contributed by atoms with Crippen LogP contribution >= 0.6 is 0 Å². The van der Waals surface area contributed by atoms with E-state index in [1.54, 1.807) is 0 Å². The first-order chi connectivity index (χ1) is 21.3. The topological polar surface area (TPSA) is 138 Å². The number of aromatic amines is 1. The molecule has 3 N–H and O–H groups in total. The molecule has 3 aromatic heterocycles. The minimum atomic E-state index is -0.898. The summed E-state index contributed by atoms with van der Waals surface area (Å²) in [6.45, 7) is 6.55. The smallest absolute Gasteiger partial charge is 0.287 e. The fourth-order valence-corrected chi connectivity index (χ4v) is 6.09. The Morgan fingerprint density at radius 1 is 1.20 bits per heavy atom. The third-order valence-electron chi connectivity index (χ3n) is 8.76. The zero-order valence-electron chi connectivity index (χ0n) is 25.6. The van der Waals surface area contributed by atoms with Crippen molar-refractivity contribution in [3.05, 3.63) is 69.9 Å². The number of H-pyrrole nitrogens is 1. The summed E-state index contributed by atoms with van der Waals surface area (Å²) in [7, 11) is 0. The van der Waals surface area contributed by atoms with E-state index in [1.165, 1.54) is 0 Å². The molecule has 1 saturated heterocycles. The zero-order valence-corrected chi connectivity index (χ0v) is 25.6. The first-order valence-electron chi connectivity index (χ1n) is 15.6. The molecule has 0 aromatic carbocycles. The van der Waals surface area contributed by atoms with Crippen LogP contribution in [0.4, 0.5) is 10.2 Å². The third-order valence-corrected chi connectivity index (χ3v) is 8.76. The lowest BCUT2D eigenvalue weighted by molar-refractivity contribution is 0.0455. The van der Waals surface area contributed by atoms with E-state index in [9.17, 15) is 14.4 Å². The lowest BCUT2D eigenvalue weighted by atomic mass is 9.82. The van der Waals surface area contributed by atoms with E-state index in [-0.39, 0.29) is 12.6 Å². The second-order valence-corrected chi connectivity index (χ2v) is 12.3. The Labute approximate surface area is 257 Å². The highest BCUT2D eigenvalue weighted by molar-refractivity contribution is 5.65. The SMILES string of the molecule is Cc1cnc(CC2CCC(N[C@H](C)COCc3ncc(F)c(=O)[nH]3)CC2)cc1-c1cccc(NCC2(C#N)CCOCC2)n1. The molecule has 1 atom stereocenters. The number of nitrogens with zero attached hydrogens (tertiary/aromatic N) is 4. The van der Waals surface area contributed by atoms with Gasteiger partial charge >= 0.3 is 0 Å². The van der Waals surface area contributed by atoms with Crippen LogP contribution in [0.3, 0.4) is 0 Å². The Morgan fingerprint density at radius 3 is 2.75 bits per heavy atom. The number of aromatic nitrogens is 4. The molecule has 11 heteroatoms. The largest absolute Gasteiger partial charge is 0.381 e. The molecule has 2 fully saturated rings. The zero-order chi connectivity index (χ0) is 30.9. The van der Waals surface area contributed by atoms with E-state index < -0.39 is 16.8 Å². The second-order valence-electron chi connectivity index (χ2n) is 12.3. The number of aryl methyl sites for hydroxylation is 1. The fraction of sp³-hybridized carbons (Fsp3) is 0.545. The number of pyridine rings is 2. The Hall–Kier alpha value is -3.72. The number of ether oxygens (including phenoxy) is 2. The van der Waals surface area contributed by atoms with Crippen LogP contribution in [-0.2, 0) is 22.5 Å². The highest BCUT2D eigenvalue weighted by Crippen LogP contribution is 2.31. The van der Waals surface area contributed by atoms with Crippen molar-refractivity contribution in [3.63, 3.8) is 0 Å². The lowest BCUT2D eigenvalue weighted by Gasteiger charge is -2.31. The van der Waals surface area contributed by atoms with Crippen LogP contribution in [0.5, 0.6) is 0 Å². The van der Waals surface area contributed by atoms with Gasteiger partial charge in [0.1, 0.15) is 18.2 Å². The minimum Gasteiger partial charge on any atom is -0.381 e. The molecule has 1 aliphatic heterocycles. The van der Waals surface area contributed by atoms with E-state index in [0.29, 0.717) is 44.1 Å². The van der Waals surface area contributed by atoms with Crippen molar-refractivity contribution in [2.75, 3.05) is 31.7 Å². The van der Waals surface area contributed by atoms with Crippen molar-refractivity contribution in [2.45, 2.75) is 77.5 Å². The van der Waals surface area contributed by atoms with Crippen LogP contribution in [0.1, 0.15) is 62.5 Å². The molecule has 0 radical (unpaired) electrons. The summed E-state index contributed by atoms with van der Waals surface area (Å²) < 4.78 is 24.2. The average molecular weight is 604 g/mol. The molecule has 0 spiro atoms. The maximum absolute atomic E-state index is 13.1. The fourth-order valence-electron chi connectivity index (χ4n) is 6.09. The quantitative estimate of drug-likeness (QED) is 0.269. The number of hydrogen-bond donors (Lipinski definition) is 3. The molecule has 234 valence electrons. The van der Waals surface area contributed by atoms with Crippen molar-refractivity contribution in [1.29, 1.82) is 5.26 Å². The second kappa shape index (κ2) is 14.8. The average Bonchev–Trinajstić information content (AvgIpc) is 3.04. The summed E-state index contributed by atoms with van der Waals surface area (Å²) >= 11 is 0. The number of nitrogens with one attached hydrogen (secondary N) is 3. The normalized spacial score (nSPS) is 20.5. The summed E-state index contributed by atoms with van der Waals surface area (Å²) in [6, 6.07) is 11.3. The van der Waals surface area contributed by atoms with E-state index in [0.717, 1.165) is 79.5 Å². The van der Waals surface area contributed by atoms with Gasteiger partial charge in [0.15, 0.2) is 0 Å². The van der Waals surface area contributed by atoms with E-state index in [4.69, 9.17) is 19.4 Å². The number of nitriles is 1. The molecule has 5 rings (SSSR count). The van der Waals surface area contributed by atoms with Crippen molar-refractivity contribution in [3.8, 4) is 17.3 Å². The van der Waals surface area contributed by atoms with Crippen LogP contribution in [0.2, 0.25) is 0 Å². The summed E-state index contributed by atoms with van der Waals surface area (Å²) in [4.78, 5) is 27.3. The Bertz CT molecular complexity index is 1490. The molecule has 10 nitrogen and oxygen atoms in total. The first-order valence-corrected chi connectivity index (χ1v) is 15.6. The Morgan fingerprint density at radius 2 is 2.00 bits per heavy atom. The van der Waals surface area contributed by atoms with Crippen LogP contribution in [-0.4, -0.2) is 58.4 Å². The number of anilines is 1. The van der Waals surface area contributed by atoms with Gasteiger partial charge in [0.25, 0.3) is 5.56 Å². The van der Waals surface area contributed by atoms with Gasteiger partial charge in [-0.15, -0.1) is 0 Å². The molecule has 4 heterocycles. The summed E-state index contributed by atoms with van der Waals surface area (Å²) in [5.74, 6) is 0.766. The van der Waals surface area contributed by atoms with Gasteiger partial charge in [-0.25, -0.2) is 9.97 Å². The van der Waals surface area contributed by atoms with Crippen molar-refractivity contribution in [1.82, 2.24) is 25.3 Å². The van der Waals surface area contributed by atoms with Gasteiger partial charge in [0.05, 0.1) is 30.0 Å². The maximum Gasteiger partial charge on any atom is 0.287 e. The monoisotopic (exact) mass is 603 g/mol. The van der Waals surface area contributed by atoms with Crippen molar-refractivity contribution < 1.29 is 13.9 Å². The molecule has 44 heavy (non-hydrogen) atoms. The van der Waals surface area contributed by atoms with Gasteiger partial charge in [0, 0.05) is 49.3 Å². The van der Waals surface area contributed by atoms with E-state index >= 15 is 0 Å². The molecular weight excluding hydrogens is 561 g/mol. The van der Waals surface area contributed by atoms with Gasteiger partial charge in [0.2, 0.25) is 5.82 Å². The predicted octanol–water partition coefficient (Wildman–Crippen LogP) is 4.70. The summed E-state index contributed by atoms with van der Waals surface area (Å²) in [5, 5.41) is 16.9. The van der Waals surface area contributed by atoms with Crippen molar-refractivity contribution in [2.24, 2.45) is 11.3 Å². The van der Waals surface area contributed by atoms with Crippen LogP contribution < -0.4 is 16.2 Å². The standard InChI is InChI=1S/C33H42FN7O3/c1-22-16-36-26(15-27(22)29-4-3-5-30(40-29)38-21-33(20-35)10-12-43-13-11-33)14-24-6-8-25(9-7-24)39-23(2)18-44-19-31-37-17-28(34)32(42)41-31/h3-5,15-17,23-25,39H,6-14,18-19,21H2,1-2H3,(H,38,40)(H,37,41,42)/t23-,24?,25?/m1/s1. The first kappa shape index (κ1) is 31.7. The Kier molecular flexibility index (Phi) is 10.7. The molecule has 0 bridgehead atoms.